The fourth-order valence-corrected chi connectivity index (χ4v) is 2.20. The van der Waals surface area contributed by atoms with Gasteiger partial charge in [-0.05, 0) is 23.8 Å². The van der Waals surface area contributed by atoms with Crippen molar-refractivity contribution in [3.63, 3.8) is 0 Å². The van der Waals surface area contributed by atoms with Crippen molar-refractivity contribution in [2.24, 2.45) is 0 Å². The van der Waals surface area contributed by atoms with Crippen LogP contribution in [0.15, 0.2) is 46.9 Å². The monoisotopic (exact) mass is 321 g/mol. The van der Waals surface area contributed by atoms with Crippen molar-refractivity contribution in [1.29, 1.82) is 0 Å². The van der Waals surface area contributed by atoms with Gasteiger partial charge in [-0.1, -0.05) is 34.1 Å². The second kappa shape index (κ2) is 6.48. The van der Waals surface area contributed by atoms with Gasteiger partial charge in [0.2, 0.25) is 0 Å². The Morgan fingerprint density at radius 3 is 2.53 bits per heavy atom. The van der Waals surface area contributed by atoms with Crippen LogP contribution in [-0.2, 0) is 6.54 Å². The van der Waals surface area contributed by atoms with Gasteiger partial charge in [0.1, 0.15) is 11.5 Å². The summed E-state index contributed by atoms with van der Waals surface area (Å²) in [6.07, 6.45) is 0. The number of nitrogens with one attached hydrogen (secondary N) is 1. The smallest absolute Gasteiger partial charge is 0.145 e. The Morgan fingerprint density at radius 1 is 1.05 bits per heavy atom. The summed E-state index contributed by atoms with van der Waals surface area (Å²) in [6.45, 7) is 0.726. The van der Waals surface area contributed by atoms with E-state index in [1.54, 1.807) is 14.2 Å². The number of rotatable bonds is 5. The molecule has 2 aromatic carbocycles. The Balaban J connectivity index is 2.13. The second-order valence-electron chi connectivity index (χ2n) is 4.01. The van der Waals surface area contributed by atoms with Crippen LogP contribution in [0.2, 0.25) is 0 Å². The van der Waals surface area contributed by atoms with E-state index in [1.165, 1.54) is 5.56 Å². The third-order valence-corrected chi connectivity index (χ3v) is 3.61. The van der Waals surface area contributed by atoms with Gasteiger partial charge in [-0.15, -0.1) is 0 Å². The molecule has 2 rings (SSSR count). The second-order valence-corrected chi connectivity index (χ2v) is 4.87. The molecular formula is C15H16BrNO2. The van der Waals surface area contributed by atoms with E-state index in [-0.39, 0.29) is 0 Å². The SMILES string of the molecule is COc1ccc(NCc2ccccc2Br)c(OC)c1. The molecule has 0 radical (unpaired) electrons. The van der Waals surface area contributed by atoms with E-state index in [1.807, 2.05) is 36.4 Å². The molecule has 0 saturated carbocycles. The fraction of sp³-hybridized carbons (Fsp3) is 0.200. The van der Waals surface area contributed by atoms with Gasteiger partial charge in [-0.2, -0.15) is 0 Å². The van der Waals surface area contributed by atoms with Crippen LogP contribution in [0.4, 0.5) is 5.69 Å². The van der Waals surface area contributed by atoms with Crippen molar-refractivity contribution in [2.75, 3.05) is 19.5 Å². The average molecular weight is 322 g/mol. The number of hydrogen-bond donors (Lipinski definition) is 1. The Kier molecular flexibility index (Phi) is 4.68. The van der Waals surface area contributed by atoms with Crippen LogP contribution in [0.3, 0.4) is 0 Å². The largest absolute Gasteiger partial charge is 0.497 e. The van der Waals surface area contributed by atoms with Crippen LogP contribution < -0.4 is 14.8 Å². The van der Waals surface area contributed by atoms with Crippen LogP contribution in [0.1, 0.15) is 5.56 Å². The van der Waals surface area contributed by atoms with Crippen LogP contribution in [-0.4, -0.2) is 14.2 Å². The highest BCUT2D eigenvalue weighted by atomic mass is 79.9. The number of hydrogen-bond acceptors (Lipinski definition) is 3. The van der Waals surface area contributed by atoms with E-state index < -0.39 is 0 Å². The molecule has 0 atom stereocenters. The molecule has 4 heteroatoms. The predicted molar refractivity (Wildman–Crippen MR) is 81.0 cm³/mol. The highest BCUT2D eigenvalue weighted by molar-refractivity contribution is 9.10. The highest BCUT2D eigenvalue weighted by Gasteiger charge is 2.05. The first-order chi connectivity index (χ1) is 9.24. The zero-order chi connectivity index (χ0) is 13.7. The molecule has 0 heterocycles. The maximum atomic E-state index is 5.35. The molecule has 0 unspecified atom stereocenters. The summed E-state index contributed by atoms with van der Waals surface area (Å²) < 4.78 is 11.6. The molecule has 0 saturated heterocycles. The van der Waals surface area contributed by atoms with Gasteiger partial charge in [-0.3, -0.25) is 0 Å². The third kappa shape index (κ3) is 3.41. The van der Waals surface area contributed by atoms with Crippen molar-refractivity contribution in [3.8, 4) is 11.5 Å². The molecular weight excluding hydrogens is 306 g/mol. The van der Waals surface area contributed by atoms with Gasteiger partial charge >= 0.3 is 0 Å². The van der Waals surface area contributed by atoms with E-state index in [4.69, 9.17) is 9.47 Å². The highest BCUT2D eigenvalue weighted by Crippen LogP contribution is 2.29. The normalized spacial score (nSPS) is 10.1. The number of anilines is 1. The molecule has 0 aliphatic rings. The number of benzene rings is 2. The predicted octanol–water partition coefficient (Wildman–Crippen LogP) is 4.08. The minimum atomic E-state index is 0.726. The zero-order valence-corrected chi connectivity index (χ0v) is 12.5. The molecule has 0 bridgehead atoms. The van der Waals surface area contributed by atoms with Gasteiger partial charge in [0.25, 0.3) is 0 Å². The number of ether oxygens (including phenoxy) is 2. The molecule has 0 amide bonds. The maximum absolute atomic E-state index is 5.35. The summed E-state index contributed by atoms with van der Waals surface area (Å²) in [5.74, 6) is 1.55. The minimum absolute atomic E-state index is 0.726. The van der Waals surface area contributed by atoms with Crippen LogP contribution in [0.5, 0.6) is 11.5 Å². The molecule has 0 aliphatic carbocycles. The lowest BCUT2D eigenvalue weighted by Gasteiger charge is -2.13. The van der Waals surface area contributed by atoms with Gasteiger partial charge < -0.3 is 14.8 Å². The number of halogens is 1. The summed E-state index contributed by atoms with van der Waals surface area (Å²) in [4.78, 5) is 0. The van der Waals surface area contributed by atoms with E-state index in [0.717, 1.165) is 28.2 Å². The van der Waals surface area contributed by atoms with Gasteiger partial charge in [-0.25, -0.2) is 0 Å². The van der Waals surface area contributed by atoms with E-state index >= 15 is 0 Å². The number of methoxy groups -OCH3 is 2. The summed E-state index contributed by atoms with van der Waals surface area (Å²) in [5, 5.41) is 3.36. The lowest BCUT2D eigenvalue weighted by molar-refractivity contribution is 0.395. The molecule has 0 aliphatic heterocycles. The molecule has 19 heavy (non-hydrogen) atoms. The Bertz CT molecular complexity index is 558. The molecule has 0 aromatic heterocycles. The van der Waals surface area contributed by atoms with E-state index in [9.17, 15) is 0 Å². The maximum Gasteiger partial charge on any atom is 0.145 e. The van der Waals surface area contributed by atoms with Crippen LogP contribution in [0, 0.1) is 0 Å². The average Bonchev–Trinajstić information content (AvgIpc) is 2.46. The Hall–Kier alpha value is -1.68. The van der Waals surface area contributed by atoms with Crippen LogP contribution >= 0.6 is 15.9 Å². The standard InChI is InChI=1S/C15H16BrNO2/c1-18-12-7-8-14(15(9-12)19-2)17-10-11-5-3-4-6-13(11)16/h3-9,17H,10H2,1-2H3. The van der Waals surface area contributed by atoms with E-state index in [2.05, 4.69) is 27.3 Å². The zero-order valence-electron chi connectivity index (χ0n) is 10.9. The molecule has 0 fully saturated rings. The first kappa shape index (κ1) is 13.7. The molecule has 1 N–H and O–H groups in total. The third-order valence-electron chi connectivity index (χ3n) is 2.84. The van der Waals surface area contributed by atoms with Gasteiger partial charge in [0.15, 0.2) is 0 Å². The van der Waals surface area contributed by atoms with Gasteiger partial charge in [0.05, 0.1) is 19.9 Å². The molecule has 0 spiro atoms. The Morgan fingerprint density at radius 2 is 1.84 bits per heavy atom. The van der Waals surface area contributed by atoms with E-state index in [0.29, 0.717) is 0 Å². The van der Waals surface area contributed by atoms with Crippen LogP contribution in [0.25, 0.3) is 0 Å². The first-order valence-corrected chi connectivity index (χ1v) is 6.73. The first-order valence-electron chi connectivity index (χ1n) is 5.94. The van der Waals surface area contributed by atoms with Crippen molar-refractivity contribution >= 4 is 21.6 Å². The quantitative estimate of drug-likeness (QED) is 0.900. The van der Waals surface area contributed by atoms with Crippen molar-refractivity contribution < 1.29 is 9.47 Å². The summed E-state index contributed by atoms with van der Waals surface area (Å²) in [6, 6.07) is 13.9. The molecule has 3 nitrogen and oxygen atoms in total. The minimum Gasteiger partial charge on any atom is -0.497 e. The van der Waals surface area contributed by atoms with Crippen molar-refractivity contribution in [1.82, 2.24) is 0 Å². The van der Waals surface area contributed by atoms with Crippen molar-refractivity contribution in [3.05, 3.63) is 52.5 Å². The summed E-state index contributed by atoms with van der Waals surface area (Å²) in [5.41, 5.74) is 2.14. The lowest BCUT2D eigenvalue weighted by atomic mass is 10.2. The Labute approximate surface area is 121 Å². The summed E-state index contributed by atoms with van der Waals surface area (Å²) >= 11 is 3.54. The van der Waals surface area contributed by atoms with Crippen molar-refractivity contribution in [2.45, 2.75) is 6.54 Å². The molecule has 100 valence electrons. The summed E-state index contributed by atoms with van der Waals surface area (Å²) in [7, 11) is 3.29. The molecule has 2 aromatic rings. The lowest BCUT2D eigenvalue weighted by Crippen LogP contribution is -2.02. The topological polar surface area (TPSA) is 30.5 Å². The van der Waals surface area contributed by atoms with Gasteiger partial charge in [0, 0.05) is 17.1 Å². The fourth-order valence-electron chi connectivity index (χ4n) is 1.78.